The monoisotopic (exact) mass is 1100 g/mol. The highest BCUT2D eigenvalue weighted by atomic mass is 32.2. The van der Waals surface area contributed by atoms with E-state index >= 15 is 0 Å². The molecule has 0 unspecified atom stereocenters. The second-order valence-electron chi connectivity index (χ2n) is 22.3. The summed E-state index contributed by atoms with van der Waals surface area (Å²) in [6, 6.07) is 109. The Hall–Kier alpha value is -10.1. The number of benzene rings is 13. The molecule has 6 heteroatoms. The molecular weight excluding hydrogens is 1050 g/mol. The molecule has 390 valence electrons. The summed E-state index contributed by atoms with van der Waals surface area (Å²) in [5.74, 6) is 0. The Morgan fingerprint density at radius 2 is 0.786 bits per heavy atom. The number of fused-ring (bicyclic) bond motifs is 14. The van der Waals surface area contributed by atoms with Crippen LogP contribution in [0.15, 0.2) is 301 Å². The van der Waals surface area contributed by atoms with Crippen molar-refractivity contribution >= 4 is 127 Å². The van der Waals surface area contributed by atoms with Crippen molar-refractivity contribution in [2.75, 3.05) is 4.90 Å². The van der Waals surface area contributed by atoms with Crippen LogP contribution in [0.4, 0.5) is 17.1 Å². The molecule has 2 aliphatic heterocycles. The topological polar surface area (TPSA) is 13.1 Å². The van der Waals surface area contributed by atoms with E-state index in [1.165, 1.54) is 129 Å². The molecule has 0 aliphatic carbocycles. The minimum absolute atomic E-state index is 0.0916. The van der Waals surface area contributed by atoms with Crippen molar-refractivity contribution in [1.82, 2.24) is 9.13 Å². The third kappa shape index (κ3) is 7.14. The third-order valence-corrected chi connectivity index (χ3v) is 20.1. The average molecular weight is 1100 g/mol. The molecule has 3 nitrogen and oxygen atoms in total. The van der Waals surface area contributed by atoms with Crippen molar-refractivity contribution in [3.8, 4) is 55.9 Å². The van der Waals surface area contributed by atoms with E-state index in [1.807, 2.05) is 23.1 Å². The maximum Gasteiger partial charge on any atom is 0.249 e. The fourth-order valence-electron chi connectivity index (χ4n) is 14.1. The molecule has 3 aromatic heterocycles. The Labute approximate surface area is 494 Å². The molecule has 0 radical (unpaired) electrons. The lowest BCUT2D eigenvalue weighted by molar-refractivity contribution is 1.15. The zero-order chi connectivity index (χ0) is 55.0. The first-order valence-corrected chi connectivity index (χ1v) is 30.5. The summed E-state index contributed by atoms with van der Waals surface area (Å²) in [6.45, 7) is -0.0916. The largest absolute Gasteiger partial charge is 0.310 e. The van der Waals surface area contributed by atoms with E-state index in [1.54, 1.807) is 0 Å². The maximum absolute atomic E-state index is 2.67. The van der Waals surface area contributed by atoms with Gasteiger partial charge >= 0.3 is 0 Å². The highest BCUT2D eigenvalue weighted by molar-refractivity contribution is 8.00. The Morgan fingerprint density at radius 3 is 1.39 bits per heavy atom. The summed E-state index contributed by atoms with van der Waals surface area (Å²) in [4.78, 5) is 5.27. The summed E-state index contributed by atoms with van der Waals surface area (Å²) in [5, 5.41) is 7.60. The zero-order valence-electron chi connectivity index (χ0n) is 45.4. The fraction of sp³-hybridized carbons (Fsp3) is 0. The molecule has 0 amide bonds. The van der Waals surface area contributed by atoms with Crippen molar-refractivity contribution in [1.29, 1.82) is 0 Å². The van der Waals surface area contributed by atoms with Crippen molar-refractivity contribution in [2.45, 2.75) is 9.79 Å². The Balaban J connectivity index is 0.961. The van der Waals surface area contributed by atoms with Gasteiger partial charge in [-0.3, -0.25) is 0 Å². The van der Waals surface area contributed by atoms with Crippen LogP contribution in [0, 0.1) is 0 Å². The second-order valence-corrected chi connectivity index (χ2v) is 24.4. The summed E-state index contributed by atoms with van der Waals surface area (Å²) in [7, 11) is 0. The smallest absolute Gasteiger partial charge is 0.249 e. The van der Waals surface area contributed by atoms with Gasteiger partial charge in [-0.25, -0.2) is 0 Å². The van der Waals surface area contributed by atoms with Gasteiger partial charge in [0.1, 0.15) is 0 Å². The minimum atomic E-state index is -0.0916. The SMILES string of the molecule is c1ccc(-c2cccc(-c3ccc4sc5ccc6c(c5c4c3)Sc3cc(-n4c5ccccc5c5ccccc54)cc4c3B6c3ccc(-n5c6ccccc6c6ccccc65)cc3N4c3c(-c4ccccc4)cccc3-c3ccccc3)c2)cc1. The van der Waals surface area contributed by atoms with Crippen LogP contribution >= 0.6 is 23.1 Å². The molecule has 5 heterocycles. The van der Waals surface area contributed by atoms with Crippen molar-refractivity contribution in [2.24, 2.45) is 0 Å². The number of rotatable bonds is 7. The van der Waals surface area contributed by atoms with Crippen LogP contribution < -0.4 is 21.3 Å². The standard InChI is InChI=1S/C78H48BN3S2/c1-4-20-49(21-5-1)52-26-18-27-53(44-52)54-38-42-72-63(45-54)75-73(83-72)43-41-65-78(75)84-74-48-56(81-68-36-16-12-30-61(68)62-31-13-17-37-69(62)81)47-71-76(74)79(65)64-40-39-55(80-66-34-14-10-28-59(66)60-29-11-15-35-67(60)80)46-70(64)82(71)77-57(50-22-6-2-7-23-50)32-19-33-58(77)51-24-8-3-9-25-51/h1-48H. The molecule has 2 aliphatic rings. The quantitative estimate of drug-likeness (QED) is 0.148. The number of thiophene rings is 1. The summed E-state index contributed by atoms with van der Waals surface area (Å²) >= 11 is 3.87. The number of hydrogen-bond acceptors (Lipinski definition) is 3. The first kappa shape index (κ1) is 47.5. The van der Waals surface area contributed by atoms with Gasteiger partial charge in [-0.15, -0.1) is 11.3 Å². The molecule has 13 aromatic carbocycles. The lowest BCUT2D eigenvalue weighted by Gasteiger charge is -2.42. The maximum atomic E-state index is 2.67. The van der Waals surface area contributed by atoms with E-state index in [-0.39, 0.29) is 6.71 Å². The minimum Gasteiger partial charge on any atom is -0.310 e. The second kappa shape index (κ2) is 18.7. The van der Waals surface area contributed by atoms with E-state index in [4.69, 9.17) is 0 Å². The molecule has 0 spiro atoms. The highest BCUT2D eigenvalue weighted by Gasteiger charge is 2.43. The molecule has 84 heavy (non-hydrogen) atoms. The summed E-state index contributed by atoms with van der Waals surface area (Å²) < 4.78 is 7.60. The zero-order valence-corrected chi connectivity index (χ0v) is 47.1. The number of para-hydroxylation sites is 5. The van der Waals surface area contributed by atoms with Crippen LogP contribution in [0.5, 0.6) is 0 Å². The van der Waals surface area contributed by atoms with Gasteiger partial charge in [0, 0.05) is 85.4 Å². The fourth-order valence-corrected chi connectivity index (χ4v) is 16.6. The van der Waals surface area contributed by atoms with E-state index in [2.05, 4.69) is 305 Å². The van der Waals surface area contributed by atoms with Gasteiger partial charge in [-0.05, 0) is 117 Å². The van der Waals surface area contributed by atoms with Crippen LogP contribution in [0.1, 0.15) is 0 Å². The number of anilines is 3. The first-order valence-electron chi connectivity index (χ1n) is 28.8. The van der Waals surface area contributed by atoms with Gasteiger partial charge in [0.2, 0.25) is 6.71 Å². The van der Waals surface area contributed by atoms with Gasteiger partial charge in [-0.2, -0.15) is 0 Å². The van der Waals surface area contributed by atoms with E-state index in [9.17, 15) is 0 Å². The van der Waals surface area contributed by atoms with E-state index in [0.29, 0.717) is 0 Å². The van der Waals surface area contributed by atoms with Crippen molar-refractivity contribution in [3.05, 3.63) is 291 Å². The van der Waals surface area contributed by atoms with E-state index in [0.717, 1.165) is 33.9 Å². The van der Waals surface area contributed by atoms with Crippen LogP contribution in [0.3, 0.4) is 0 Å². The number of nitrogens with zero attached hydrogens (tertiary/aromatic N) is 3. The molecule has 18 rings (SSSR count). The van der Waals surface area contributed by atoms with Crippen LogP contribution in [0.25, 0.3) is 120 Å². The van der Waals surface area contributed by atoms with Gasteiger partial charge in [-0.1, -0.05) is 236 Å². The lowest BCUT2D eigenvalue weighted by atomic mass is 9.34. The molecular formula is C78H48BN3S2. The first-order chi connectivity index (χ1) is 41.7. The van der Waals surface area contributed by atoms with Crippen LogP contribution in [-0.4, -0.2) is 15.8 Å². The average Bonchev–Trinajstić information content (AvgIpc) is 1.41. The molecule has 0 N–H and O–H groups in total. The Kier molecular flexibility index (Phi) is 10.6. The molecule has 0 bridgehead atoms. The highest BCUT2D eigenvalue weighted by Crippen LogP contribution is 2.52. The Bertz CT molecular complexity index is 5200. The molecule has 0 saturated carbocycles. The molecule has 0 fully saturated rings. The summed E-state index contributed by atoms with van der Waals surface area (Å²) in [6.07, 6.45) is 0. The van der Waals surface area contributed by atoms with Crippen LogP contribution in [-0.2, 0) is 0 Å². The van der Waals surface area contributed by atoms with Crippen molar-refractivity contribution < 1.29 is 0 Å². The van der Waals surface area contributed by atoms with Gasteiger partial charge < -0.3 is 14.0 Å². The van der Waals surface area contributed by atoms with Crippen molar-refractivity contribution in [3.63, 3.8) is 0 Å². The van der Waals surface area contributed by atoms with E-state index < -0.39 is 0 Å². The van der Waals surface area contributed by atoms with Gasteiger partial charge in [0.05, 0.1) is 27.8 Å². The van der Waals surface area contributed by atoms with Gasteiger partial charge in [0.15, 0.2) is 0 Å². The summed E-state index contributed by atoms with van der Waals surface area (Å²) in [5.41, 5.74) is 23.9. The molecule has 0 atom stereocenters. The number of hydrogen-bond donors (Lipinski definition) is 0. The van der Waals surface area contributed by atoms with Gasteiger partial charge in [0.25, 0.3) is 0 Å². The predicted molar refractivity (Wildman–Crippen MR) is 360 cm³/mol. The number of aromatic nitrogens is 2. The molecule has 0 saturated heterocycles. The Morgan fingerprint density at radius 1 is 0.310 bits per heavy atom. The molecule has 16 aromatic rings. The lowest BCUT2D eigenvalue weighted by Crippen LogP contribution is -2.60. The predicted octanol–water partition coefficient (Wildman–Crippen LogP) is 19.7. The van der Waals surface area contributed by atoms with Crippen LogP contribution in [0.2, 0.25) is 0 Å². The normalized spacial score (nSPS) is 12.7. The third-order valence-electron chi connectivity index (χ3n) is 17.8.